The fourth-order valence-electron chi connectivity index (χ4n) is 0.940. The zero-order chi connectivity index (χ0) is 13.3. The van der Waals surface area contributed by atoms with Gasteiger partial charge in [-0.05, 0) is 12.8 Å². The minimum absolute atomic E-state index is 0.000441. The second-order valence-electron chi connectivity index (χ2n) is 3.31. The van der Waals surface area contributed by atoms with Crippen molar-refractivity contribution in [3.8, 4) is 0 Å². The Kier molecular flexibility index (Phi) is 7.27. The summed E-state index contributed by atoms with van der Waals surface area (Å²) in [6.45, 7) is -1.89. The van der Waals surface area contributed by atoms with Crippen LogP contribution in [0.5, 0.6) is 0 Å². The highest BCUT2D eigenvalue weighted by atomic mass is 19.4. The molecule has 0 heterocycles. The Hall–Kier alpha value is -1.31. The summed E-state index contributed by atoms with van der Waals surface area (Å²) in [6, 6.07) is 0. The van der Waals surface area contributed by atoms with Crippen LogP contribution in [0.4, 0.5) is 13.2 Å². The van der Waals surface area contributed by atoms with Gasteiger partial charge in [-0.2, -0.15) is 13.2 Å². The van der Waals surface area contributed by atoms with Crippen LogP contribution < -0.4 is 5.32 Å². The maximum absolute atomic E-state index is 11.6. The Morgan fingerprint density at radius 1 is 1.24 bits per heavy atom. The average Bonchev–Trinajstić information content (AvgIpc) is 2.14. The zero-order valence-corrected chi connectivity index (χ0v) is 9.05. The van der Waals surface area contributed by atoms with Crippen LogP contribution in [-0.2, 0) is 14.3 Å². The highest BCUT2D eigenvalue weighted by Gasteiger charge is 2.27. The van der Waals surface area contributed by atoms with E-state index >= 15 is 0 Å². The van der Waals surface area contributed by atoms with E-state index in [2.05, 4.69) is 10.1 Å². The van der Waals surface area contributed by atoms with Gasteiger partial charge in [0.1, 0.15) is 13.2 Å². The molecule has 0 radical (unpaired) electrons. The number of halogens is 3. The van der Waals surface area contributed by atoms with Crippen molar-refractivity contribution in [2.24, 2.45) is 0 Å². The summed E-state index contributed by atoms with van der Waals surface area (Å²) in [5.74, 6) is -1.57. The Morgan fingerprint density at radius 3 is 2.41 bits per heavy atom. The van der Waals surface area contributed by atoms with E-state index in [4.69, 9.17) is 5.11 Å². The number of carboxylic acid groups (broad SMARTS) is 1. The number of nitrogens with one attached hydrogen (secondary N) is 1. The highest BCUT2D eigenvalue weighted by Crippen LogP contribution is 2.13. The van der Waals surface area contributed by atoms with Crippen molar-refractivity contribution in [2.45, 2.75) is 25.4 Å². The predicted octanol–water partition coefficient (Wildman–Crippen LogP) is 0.936. The van der Waals surface area contributed by atoms with E-state index < -0.39 is 31.3 Å². The fraction of sp³-hybridized carbons (Fsp3) is 0.778. The van der Waals surface area contributed by atoms with Crippen LogP contribution >= 0.6 is 0 Å². The molecule has 17 heavy (non-hydrogen) atoms. The number of rotatable bonds is 8. The van der Waals surface area contributed by atoms with Gasteiger partial charge in [-0.25, -0.2) is 0 Å². The number of carbonyl (C=O) groups excluding carboxylic acids is 1. The molecule has 0 atom stereocenters. The fourth-order valence-corrected chi connectivity index (χ4v) is 0.940. The number of carboxylic acids is 1. The third kappa shape index (κ3) is 12.6. The molecule has 0 aromatic carbocycles. The molecule has 0 unspecified atom stereocenters. The van der Waals surface area contributed by atoms with E-state index in [1.807, 2.05) is 0 Å². The van der Waals surface area contributed by atoms with Crippen LogP contribution in [0.25, 0.3) is 0 Å². The third-order valence-corrected chi connectivity index (χ3v) is 1.64. The molecule has 100 valence electrons. The molecule has 0 bridgehead atoms. The lowest BCUT2D eigenvalue weighted by Crippen LogP contribution is -2.30. The molecular formula is C9H14F3NO4. The predicted molar refractivity (Wildman–Crippen MR) is 51.4 cm³/mol. The van der Waals surface area contributed by atoms with E-state index in [1.165, 1.54) is 0 Å². The van der Waals surface area contributed by atoms with Crippen molar-refractivity contribution in [1.82, 2.24) is 5.32 Å². The van der Waals surface area contributed by atoms with Gasteiger partial charge >= 0.3 is 12.1 Å². The molecule has 0 spiro atoms. The van der Waals surface area contributed by atoms with Crippen molar-refractivity contribution in [1.29, 1.82) is 0 Å². The summed E-state index contributed by atoms with van der Waals surface area (Å²) in [5.41, 5.74) is 0. The lowest BCUT2D eigenvalue weighted by molar-refractivity contribution is -0.175. The van der Waals surface area contributed by atoms with Crippen LogP contribution in [0, 0.1) is 0 Å². The summed E-state index contributed by atoms with van der Waals surface area (Å²) < 4.78 is 39.0. The number of carbonyl (C=O) groups is 2. The highest BCUT2D eigenvalue weighted by molar-refractivity contribution is 5.77. The largest absolute Gasteiger partial charge is 0.481 e. The topological polar surface area (TPSA) is 75.6 Å². The molecule has 0 saturated heterocycles. The van der Waals surface area contributed by atoms with Crippen LogP contribution in [0.2, 0.25) is 0 Å². The smallest absolute Gasteiger partial charge is 0.411 e. The zero-order valence-electron chi connectivity index (χ0n) is 9.05. The Bertz CT molecular complexity index is 255. The molecule has 5 nitrogen and oxygen atoms in total. The van der Waals surface area contributed by atoms with Crippen LogP contribution in [-0.4, -0.2) is 42.9 Å². The number of alkyl halides is 3. The van der Waals surface area contributed by atoms with Gasteiger partial charge in [-0.3, -0.25) is 9.59 Å². The van der Waals surface area contributed by atoms with Crippen molar-refractivity contribution in [3.05, 3.63) is 0 Å². The van der Waals surface area contributed by atoms with Gasteiger partial charge in [0.2, 0.25) is 5.91 Å². The number of aliphatic carboxylic acids is 1. The maximum atomic E-state index is 11.6. The quantitative estimate of drug-likeness (QED) is 0.634. The van der Waals surface area contributed by atoms with Crippen molar-refractivity contribution >= 4 is 11.9 Å². The van der Waals surface area contributed by atoms with Crippen LogP contribution in [0.15, 0.2) is 0 Å². The van der Waals surface area contributed by atoms with E-state index in [0.29, 0.717) is 12.8 Å². The second-order valence-corrected chi connectivity index (χ2v) is 3.31. The lowest BCUT2D eigenvalue weighted by Gasteiger charge is -2.07. The molecule has 2 N–H and O–H groups in total. The standard InChI is InChI=1S/C9H14F3NO4/c10-9(11,12)6-17-5-7(14)13-4-2-1-3-8(15)16/h1-6H2,(H,13,14)(H,15,16). The van der Waals surface area contributed by atoms with Crippen molar-refractivity contribution < 1.29 is 32.6 Å². The van der Waals surface area contributed by atoms with Gasteiger partial charge in [0.05, 0.1) is 0 Å². The molecule has 0 aliphatic heterocycles. The first-order valence-electron chi connectivity index (χ1n) is 4.94. The van der Waals surface area contributed by atoms with Gasteiger partial charge in [0.15, 0.2) is 0 Å². The number of ether oxygens (including phenoxy) is 1. The first-order chi connectivity index (χ1) is 7.81. The summed E-state index contributed by atoms with van der Waals surface area (Å²) in [7, 11) is 0. The van der Waals surface area contributed by atoms with Crippen molar-refractivity contribution in [3.63, 3.8) is 0 Å². The summed E-state index contributed by atoms with van der Waals surface area (Å²) in [4.78, 5) is 21.0. The average molecular weight is 257 g/mol. The molecule has 0 aromatic rings. The summed E-state index contributed by atoms with van der Waals surface area (Å²) >= 11 is 0. The van der Waals surface area contributed by atoms with Gasteiger partial charge in [0.25, 0.3) is 0 Å². The summed E-state index contributed by atoms with van der Waals surface area (Å²) in [6.07, 6.45) is -3.58. The maximum Gasteiger partial charge on any atom is 0.411 e. The van der Waals surface area contributed by atoms with E-state index in [0.717, 1.165) is 0 Å². The number of unbranched alkanes of at least 4 members (excludes halogenated alkanes) is 1. The molecule has 0 fully saturated rings. The van der Waals surface area contributed by atoms with Crippen LogP contribution in [0.3, 0.4) is 0 Å². The minimum Gasteiger partial charge on any atom is -0.481 e. The van der Waals surface area contributed by atoms with E-state index in [-0.39, 0.29) is 13.0 Å². The molecule has 0 rings (SSSR count). The Morgan fingerprint density at radius 2 is 1.88 bits per heavy atom. The van der Waals surface area contributed by atoms with Crippen LogP contribution in [0.1, 0.15) is 19.3 Å². The molecular weight excluding hydrogens is 243 g/mol. The number of hydrogen-bond acceptors (Lipinski definition) is 3. The lowest BCUT2D eigenvalue weighted by atomic mass is 10.2. The van der Waals surface area contributed by atoms with Gasteiger partial charge in [0, 0.05) is 13.0 Å². The molecule has 0 aromatic heterocycles. The number of amides is 1. The minimum atomic E-state index is -4.44. The second kappa shape index (κ2) is 7.88. The monoisotopic (exact) mass is 257 g/mol. The Balaban J connectivity index is 3.38. The molecule has 0 aliphatic carbocycles. The Labute approximate surface area is 95.9 Å². The van der Waals surface area contributed by atoms with Gasteiger partial charge in [-0.1, -0.05) is 0 Å². The first kappa shape index (κ1) is 15.7. The third-order valence-electron chi connectivity index (χ3n) is 1.64. The molecule has 0 aliphatic rings. The normalized spacial score (nSPS) is 11.2. The number of hydrogen-bond donors (Lipinski definition) is 2. The molecule has 0 saturated carbocycles. The van der Waals surface area contributed by atoms with E-state index in [1.54, 1.807) is 0 Å². The SMILES string of the molecule is O=C(O)CCCCNC(=O)COCC(F)(F)F. The van der Waals surface area contributed by atoms with E-state index in [9.17, 15) is 22.8 Å². The van der Waals surface area contributed by atoms with Crippen molar-refractivity contribution in [2.75, 3.05) is 19.8 Å². The van der Waals surface area contributed by atoms with Gasteiger partial charge in [-0.15, -0.1) is 0 Å². The van der Waals surface area contributed by atoms with Gasteiger partial charge < -0.3 is 15.2 Å². The first-order valence-corrected chi connectivity index (χ1v) is 4.94. The molecule has 1 amide bonds. The molecule has 8 heteroatoms. The summed E-state index contributed by atoms with van der Waals surface area (Å²) in [5, 5.41) is 10.6.